The lowest BCUT2D eigenvalue weighted by Gasteiger charge is -2.60. The number of ether oxygens (including phenoxy) is 1. The van der Waals surface area contributed by atoms with Crippen molar-refractivity contribution >= 4 is 46.5 Å². The number of hydrogen-bond donors (Lipinski definition) is 1. The van der Waals surface area contributed by atoms with Crippen LogP contribution in [0.2, 0.25) is 0 Å². The van der Waals surface area contributed by atoms with E-state index in [0.717, 1.165) is 62.6 Å². The number of nitrogens with zero attached hydrogens (tertiary/aromatic N) is 1. The molecule has 0 aliphatic heterocycles. The fourth-order valence-electron chi connectivity index (χ4n) is 9.50. The third-order valence-electron chi connectivity index (χ3n) is 11.8. The summed E-state index contributed by atoms with van der Waals surface area (Å²) in [6.45, 7) is 7.67. The Kier molecular flexibility index (Phi) is 9.83. The molecule has 1 aromatic rings. The van der Waals surface area contributed by atoms with E-state index in [9.17, 15) is 14.4 Å². The Labute approximate surface area is 261 Å². The molecule has 0 heterocycles. The molecule has 0 saturated heterocycles. The molecule has 5 rings (SSSR count). The van der Waals surface area contributed by atoms with Crippen LogP contribution in [-0.2, 0) is 25.5 Å². The van der Waals surface area contributed by atoms with E-state index in [1.165, 1.54) is 13.3 Å². The van der Waals surface area contributed by atoms with Crippen molar-refractivity contribution in [3.05, 3.63) is 29.8 Å². The molecular weight excluding hydrogens is 571 g/mol. The SMILES string of the molecule is CC(=O)NC(Cc1ccc(N(CCCl)CCCl)cc1)C(=O)OC1CCC2C3CCC4CC(=O)CC[C@]4(C)C3CC[C@]12C. The number of rotatable bonds is 10. The molecule has 42 heavy (non-hydrogen) atoms. The van der Waals surface area contributed by atoms with Crippen molar-refractivity contribution in [2.75, 3.05) is 29.7 Å². The Morgan fingerprint density at radius 2 is 1.67 bits per heavy atom. The second-order valence-corrected chi connectivity index (χ2v) is 14.7. The highest BCUT2D eigenvalue weighted by Gasteiger charge is 2.61. The molecule has 6 nitrogen and oxygen atoms in total. The Hall–Kier alpha value is -1.79. The number of anilines is 1. The van der Waals surface area contributed by atoms with Crippen molar-refractivity contribution in [2.24, 2.45) is 34.5 Å². The Morgan fingerprint density at radius 3 is 2.33 bits per heavy atom. The van der Waals surface area contributed by atoms with Crippen LogP contribution in [0.25, 0.3) is 0 Å². The number of nitrogens with one attached hydrogen (secondary N) is 1. The minimum Gasteiger partial charge on any atom is -0.460 e. The van der Waals surface area contributed by atoms with Crippen LogP contribution in [0.1, 0.15) is 84.1 Å². The lowest BCUT2D eigenvalue weighted by molar-refractivity contribution is -0.167. The normalized spacial score (nSPS) is 34.5. The first-order valence-corrected chi connectivity index (χ1v) is 17.1. The van der Waals surface area contributed by atoms with Crippen molar-refractivity contribution < 1.29 is 19.1 Å². The molecule has 4 aliphatic carbocycles. The third kappa shape index (κ3) is 6.22. The monoisotopic (exact) mass is 618 g/mol. The first-order valence-electron chi connectivity index (χ1n) is 16.0. The van der Waals surface area contributed by atoms with Crippen LogP contribution < -0.4 is 10.2 Å². The van der Waals surface area contributed by atoms with Gasteiger partial charge in [0.15, 0.2) is 0 Å². The fraction of sp³-hybridized carbons (Fsp3) is 0.735. The van der Waals surface area contributed by atoms with Gasteiger partial charge in [-0.2, -0.15) is 0 Å². The fourth-order valence-corrected chi connectivity index (χ4v) is 9.91. The van der Waals surface area contributed by atoms with E-state index in [2.05, 4.69) is 24.1 Å². The maximum absolute atomic E-state index is 13.6. The number of esters is 1. The zero-order valence-electron chi connectivity index (χ0n) is 25.5. The lowest BCUT2D eigenvalue weighted by atomic mass is 9.45. The van der Waals surface area contributed by atoms with Gasteiger partial charge >= 0.3 is 5.97 Å². The van der Waals surface area contributed by atoms with Crippen LogP contribution in [0.4, 0.5) is 5.69 Å². The van der Waals surface area contributed by atoms with Gasteiger partial charge in [0.1, 0.15) is 17.9 Å². The zero-order valence-corrected chi connectivity index (χ0v) is 27.0. The molecule has 0 bridgehead atoms. The highest BCUT2D eigenvalue weighted by atomic mass is 35.5. The van der Waals surface area contributed by atoms with Crippen molar-refractivity contribution in [3.8, 4) is 0 Å². The topological polar surface area (TPSA) is 75.7 Å². The number of hydrogen-bond acceptors (Lipinski definition) is 5. The van der Waals surface area contributed by atoms with Crippen LogP contribution in [0, 0.1) is 34.5 Å². The maximum atomic E-state index is 13.6. The third-order valence-corrected chi connectivity index (χ3v) is 12.1. The van der Waals surface area contributed by atoms with Crippen LogP contribution >= 0.6 is 23.2 Å². The number of alkyl halides is 2. The predicted molar refractivity (Wildman–Crippen MR) is 168 cm³/mol. The quantitative estimate of drug-likeness (QED) is 0.238. The van der Waals surface area contributed by atoms with Crippen LogP contribution in [0.15, 0.2) is 24.3 Å². The summed E-state index contributed by atoms with van der Waals surface area (Å²) in [4.78, 5) is 40.1. The molecule has 1 amide bonds. The summed E-state index contributed by atoms with van der Waals surface area (Å²) in [5.74, 6) is 3.29. The van der Waals surface area contributed by atoms with Crippen molar-refractivity contribution in [2.45, 2.75) is 97.1 Å². The molecular formula is C34H48Cl2N2O4. The molecule has 0 spiro atoms. The number of Topliss-reactive ketones (excluding diaryl/α,β-unsaturated/α-hetero) is 1. The van der Waals surface area contributed by atoms with Gasteiger partial charge in [0, 0.05) is 62.1 Å². The average Bonchev–Trinajstić information content (AvgIpc) is 3.29. The minimum atomic E-state index is -0.733. The van der Waals surface area contributed by atoms with E-state index < -0.39 is 6.04 Å². The summed E-state index contributed by atoms with van der Waals surface area (Å²) in [7, 11) is 0. The summed E-state index contributed by atoms with van der Waals surface area (Å²) < 4.78 is 6.33. The standard InChI is InChI=1S/C34H48Cl2N2O4/c1-22(39)37-30(20-23-4-7-25(8-5-23)38(18-16-35)19-17-36)32(41)42-31-11-10-28-27-9-6-24-21-26(40)12-14-33(24,2)29(27)13-15-34(28,31)3/h4-5,7-8,24,27-31H,6,9-21H2,1-3H3,(H,37,39)/t24?,27?,28?,29?,30?,31?,33-,34-/m0/s1. The smallest absolute Gasteiger partial charge is 0.329 e. The molecule has 1 aromatic carbocycles. The van der Waals surface area contributed by atoms with Gasteiger partial charge in [0.2, 0.25) is 5.91 Å². The predicted octanol–water partition coefficient (Wildman–Crippen LogP) is 6.54. The summed E-state index contributed by atoms with van der Waals surface area (Å²) in [5.41, 5.74) is 2.21. The van der Waals surface area contributed by atoms with Crippen molar-refractivity contribution in [1.29, 1.82) is 0 Å². The van der Waals surface area contributed by atoms with E-state index in [1.54, 1.807) is 0 Å². The van der Waals surface area contributed by atoms with Gasteiger partial charge in [-0.1, -0.05) is 26.0 Å². The first-order chi connectivity index (χ1) is 20.1. The Balaban J connectivity index is 1.26. The van der Waals surface area contributed by atoms with Gasteiger partial charge in [0.05, 0.1) is 0 Å². The second kappa shape index (κ2) is 13.1. The highest BCUT2D eigenvalue weighted by Crippen LogP contribution is 2.66. The second-order valence-electron chi connectivity index (χ2n) is 13.9. The van der Waals surface area contributed by atoms with Crippen molar-refractivity contribution in [1.82, 2.24) is 5.32 Å². The summed E-state index contributed by atoms with van der Waals surface area (Å²) in [5, 5.41) is 2.86. The van der Waals surface area contributed by atoms with E-state index >= 15 is 0 Å². The molecule has 4 aliphatic rings. The number of benzene rings is 1. The molecule has 232 valence electrons. The van der Waals surface area contributed by atoms with Gasteiger partial charge in [-0.05, 0) is 91.7 Å². The van der Waals surface area contributed by atoms with E-state index in [4.69, 9.17) is 27.9 Å². The molecule has 4 saturated carbocycles. The molecule has 4 fully saturated rings. The number of amides is 1. The average molecular weight is 620 g/mol. The minimum absolute atomic E-state index is 0.0404. The van der Waals surface area contributed by atoms with Gasteiger partial charge in [-0.3, -0.25) is 9.59 Å². The first kappa shape index (κ1) is 31.6. The van der Waals surface area contributed by atoms with Crippen LogP contribution in [-0.4, -0.2) is 54.7 Å². The number of carbonyl (C=O) groups is 3. The van der Waals surface area contributed by atoms with E-state index in [1.807, 2.05) is 24.3 Å². The van der Waals surface area contributed by atoms with Crippen LogP contribution in [0.3, 0.4) is 0 Å². The maximum Gasteiger partial charge on any atom is 0.329 e. The van der Waals surface area contributed by atoms with Crippen LogP contribution in [0.5, 0.6) is 0 Å². The summed E-state index contributed by atoms with van der Waals surface area (Å²) in [6.07, 6.45) is 9.31. The molecule has 1 N–H and O–H groups in total. The van der Waals surface area contributed by atoms with E-state index in [-0.39, 0.29) is 28.8 Å². The number of carbonyl (C=O) groups excluding carboxylic acids is 3. The van der Waals surface area contributed by atoms with Crippen molar-refractivity contribution in [3.63, 3.8) is 0 Å². The summed E-state index contributed by atoms with van der Waals surface area (Å²) >= 11 is 11.9. The largest absolute Gasteiger partial charge is 0.460 e. The Morgan fingerprint density at radius 1 is 0.976 bits per heavy atom. The van der Waals surface area contributed by atoms with Gasteiger partial charge in [0.25, 0.3) is 0 Å². The van der Waals surface area contributed by atoms with E-state index in [0.29, 0.717) is 60.7 Å². The zero-order chi connectivity index (χ0) is 30.1. The highest BCUT2D eigenvalue weighted by molar-refractivity contribution is 6.18. The number of halogens is 2. The number of ketones is 1. The number of fused-ring (bicyclic) bond motifs is 5. The molecule has 6 unspecified atom stereocenters. The van der Waals surface area contributed by atoms with Gasteiger partial charge in [-0.25, -0.2) is 4.79 Å². The molecule has 0 aromatic heterocycles. The van der Waals surface area contributed by atoms with Gasteiger partial charge in [-0.15, -0.1) is 23.2 Å². The van der Waals surface area contributed by atoms with Gasteiger partial charge < -0.3 is 15.0 Å². The molecule has 8 heteroatoms. The molecule has 0 radical (unpaired) electrons. The molecule has 8 atom stereocenters. The lowest BCUT2D eigenvalue weighted by Crippen LogP contribution is -2.54. The summed E-state index contributed by atoms with van der Waals surface area (Å²) in [6, 6.07) is 7.29. The Bertz CT molecular complexity index is 1140.